The highest BCUT2D eigenvalue weighted by Crippen LogP contribution is 2.43. The lowest BCUT2D eigenvalue weighted by Gasteiger charge is -2.09. The minimum absolute atomic E-state index is 0.0201. The Bertz CT molecular complexity index is 1180. The zero-order valence-electron chi connectivity index (χ0n) is 14.0. The Labute approximate surface area is 161 Å². The summed E-state index contributed by atoms with van der Waals surface area (Å²) in [5.74, 6) is -1.34. The van der Waals surface area contributed by atoms with Crippen LogP contribution in [0.4, 0.5) is 0 Å². The molecule has 27 heavy (non-hydrogen) atoms. The molecule has 1 heterocycles. The average molecular weight is 426 g/mol. The molecule has 0 amide bonds. The van der Waals surface area contributed by atoms with Crippen molar-refractivity contribution in [3.05, 3.63) is 63.8 Å². The van der Waals surface area contributed by atoms with Crippen molar-refractivity contribution in [2.45, 2.75) is 6.92 Å². The van der Waals surface area contributed by atoms with E-state index in [0.29, 0.717) is 15.4 Å². The number of esters is 1. The molecule has 134 valence electrons. The van der Waals surface area contributed by atoms with Gasteiger partial charge in [-0.15, -0.1) is 0 Å². The van der Waals surface area contributed by atoms with Gasteiger partial charge in [-0.25, -0.2) is 4.98 Å². The maximum Gasteiger partial charge on any atom is 0.308 e. The van der Waals surface area contributed by atoms with E-state index in [1.165, 1.54) is 25.1 Å². The molecule has 1 aliphatic carbocycles. The monoisotopic (exact) mass is 425 g/mol. The number of aromatic nitrogens is 1. The number of carbonyl (C=O) groups is 2. The number of nitrogens with zero attached hydrogens (tertiary/aromatic N) is 1. The zero-order valence-corrected chi connectivity index (χ0v) is 15.6. The van der Waals surface area contributed by atoms with Gasteiger partial charge in [0.2, 0.25) is 0 Å². The largest absolute Gasteiger partial charge is 0.506 e. The summed E-state index contributed by atoms with van der Waals surface area (Å²) in [5.41, 5.74) is 0.896. The van der Waals surface area contributed by atoms with E-state index in [0.717, 1.165) is 0 Å². The third kappa shape index (κ3) is 2.67. The van der Waals surface area contributed by atoms with Crippen molar-refractivity contribution in [2.24, 2.45) is 0 Å². The summed E-state index contributed by atoms with van der Waals surface area (Å²) in [4.78, 5) is 28.4. The number of Topliss-reactive ketones (excluding diaryl/α,β-unsaturated/α-hetero) is 1. The minimum atomic E-state index is -0.513. The first kappa shape index (κ1) is 17.2. The molecule has 0 aliphatic heterocycles. The number of aromatic hydroxyl groups is 1. The fourth-order valence-corrected chi connectivity index (χ4v) is 3.60. The molecule has 0 unspecified atom stereocenters. The van der Waals surface area contributed by atoms with E-state index < -0.39 is 11.8 Å². The molecule has 1 aliphatic rings. The van der Waals surface area contributed by atoms with Crippen molar-refractivity contribution in [1.82, 2.24) is 4.98 Å². The first-order valence-corrected chi connectivity index (χ1v) is 8.76. The number of ketones is 1. The molecular formula is C20H12BrNO5. The van der Waals surface area contributed by atoms with Crippen molar-refractivity contribution >= 4 is 49.9 Å². The van der Waals surface area contributed by atoms with E-state index in [4.69, 9.17) is 4.74 Å². The molecule has 4 rings (SSSR count). The molecule has 2 N–H and O–H groups in total. The van der Waals surface area contributed by atoms with Crippen LogP contribution < -0.4 is 4.74 Å². The first-order valence-electron chi connectivity index (χ1n) is 7.97. The molecule has 6 nitrogen and oxygen atoms in total. The molecule has 0 bridgehead atoms. The number of ether oxygens (including phenoxy) is 1. The fraction of sp³-hybridized carbons (Fsp3) is 0.0500. The van der Waals surface area contributed by atoms with Gasteiger partial charge in [0, 0.05) is 23.4 Å². The van der Waals surface area contributed by atoms with Crippen molar-refractivity contribution < 1.29 is 24.5 Å². The average Bonchev–Trinajstić information content (AvgIpc) is 2.88. The number of para-hydroxylation sites is 1. The predicted octanol–water partition coefficient (Wildman–Crippen LogP) is 4.25. The van der Waals surface area contributed by atoms with E-state index in [-0.39, 0.29) is 39.7 Å². The van der Waals surface area contributed by atoms with Gasteiger partial charge in [0.1, 0.15) is 17.2 Å². The van der Waals surface area contributed by atoms with Gasteiger partial charge in [-0.1, -0.05) is 18.2 Å². The summed E-state index contributed by atoms with van der Waals surface area (Å²) in [6.07, 6.45) is 0. The number of fused-ring (bicyclic) bond motifs is 2. The molecule has 0 atom stereocenters. The van der Waals surface area contributed by atoms with Gasteiger partial charge in [-0.05, 0) is 40.2 Å². The van der Waals surface area contributed by atoms with E-state index in [1.54, 1.807) is 24.3 Å². The number of hydrogen-bond donors (Lipinski definition) is 2. The topological polar surface area (TPSA) is 96.7 Å². The highest BCUT2D eigenvalue weighted by Gasteiger charge is 2.34. The number of aliphatic hydroxyl groups is 1. The van der Waals surface area contributed by atoms with Gasteiger partial charge in [-0.2, -0.15) is 0 Å². The number of hydrogen-bond acceptors (Lipinski definition) is 6. The second-order valence-electron chi connectivity index (χ2n) is 5.99. The zero-order chi connectivity index (χ0) is 19.3. The first-order chi connectivity index (χ1) is 12.9. The molecule has 2 aromatic carbocycles. The van der Waals surface area contributed by atoms with Crippen LogP contribution >= 0.6 is 15.9 Å². The summed E-state index contributed by atoms with van der Waals surface area (Å²) in [5, 5.41) is 21.9. The van der Waals surface area contributed by atoms with Gasteiger partial charge in [0.25, 0.3) is 0 Å². The lowest BCUT2D eigenvalue weighted by molar-refractivity contribution is -0.131. The van der Waals surface area contributed by atoms with Gasteiger partial charge in [0.05, 0.1) is 15.6 Å². The van der Waals surface area contributed by atoms with Crippen molar-refractivity contribution in [1.29, 1.82) is 0 Å². The Balaban J connectivity index is 1.92. The van der Waals surface area contributed by atoms with Crippen LogP contribution in [0.1, 0.15) is 28.5 Å². The molecule has 0 saturated heterocycles. The third-order valence-corrected chi connectivity index (χ3v) is 5.06. The number of pyridine rings is 1. The predicted molar refractivity (Wildman–Crippen MR) is 103 cm³/mol. The van der Waals surface area contributed by atoms with Gasteiger partial charge < -0.3 is 14.9 Å². The molecule has 0 saturated carbocycles. The normalized spacial score (nSPS) is 13.2. The summed E-state index contributed by atoms with van der Waals surface area (Å²) >= 11 is 3.33. The summed E-state index contributed by atoms with van der Waals surface area (Å²) in [6.45, 7) is 1.26. The second kappa shape index (κ2) is 6.21. The van der Waals surface area contributed by atoms with Crippen LogP contribution in [0.25, 0.3) is 22.2 Å². The maximum atomic E-state index is 12.8. The smallest absolute Gasteiger partial charge is 0.308 e. The van der Waals surface area contributed by atoms with Crippen molar-refractivity contribution in [3.63, 3.8) is 0 Å². The molecule has 1 aromatic heterocycles. The lowest BCUT2D eigenvalue weighted by Crippen LogP contribution is -2.03. The number of halogens is 1. The van der Waals surface area contributed by atoms with E-state index in [1.807, 2.05) is 0 Å². The molecule has 0 spiro atoms. The van der Waals surface area contributed by atoms with Crippen LogP contribution in [0.15, 0.2) is 46.9 Å². The standard InChI is InChI=1S/C20H12BrNO5/c1-9(23)27-10-6-7-11-13(8-10)19(25)15(18(11)24)17-20(26)16(21)12-4-2-3-5-14(12)22-17/h2-8,25-26H,1H3. The Kier molecular flexibility index (Phi) is 3.96. The van der Waals surface area contributed by atoms with Gasteiger partial charge >= 0.3 is 5.97 Å². The van der Waals surface area contributed by atoms with Crippen LogP contribution in [0, 0.1) is 0 Å². The van der Waals surface area contributed by atoms with Crippen LogP contribution in [0.3, 0.4) is 0 Å². The quantitative estimate of drug-likeness (QED) is 0.470. The Morgan fingerprint density at radius 2 is 1.85 bits per heavy atom. The fourth-order valence-electron chi connectivity index (χ4n) is 3.08. The van der Waals surface area contributed by atoms with Crippen molar-refractivity contribution in [3.8, 4) is 11.5 Å². The molecule has 7 heteroatoms. The van der Waals surface area contributed by atoms with Crippen LogP contribution in [0.5, 0.6) is 11.5 Å². The van der Waals surface area contributed by atoms with E-state index in [9.17, 15) is 19.8 Å². The maximum absolute atomic E-state index is 12.8. The minimum Gasteiger partial charge on any atom is -0.506 e. The third-order valence-electron chi connectivity index (χ3n) is 4.26. The van der Waals surface area contributed by atoms with Crippen LogP contribution in [-0.4, -0.2) is 26.9 Å². The highest BCUT2D eigenvalue weighted by atomic mass is 79.9. The molecular weight excluding hydrogens is 414 g/mol. The van der Waals surface area contributed by atoms with Crippen molar-refractivity contribution in [2.75, 3.05) is 0 Å². The Hall–Kier alpha value is -3.19. The molecule has 0 fully saturated rings. The second-order valence-corrected chi connectivity index (χ2v) is 6.79. The number of aliphatic hydroxyl groups excluding tert-OH is 1. The number of carbonyl (C=O) groups excluding carboxylic acids is 2. The summed E-state index contributed by atoms with van der Waals surface area (Å²) in [6, 6.07) is 11.5. The van der Waals surface area contributed by atoms with Crippen LogP contribution in [-0.2, 0) is 4.79 Å². The highest BCUT2D eigenvalue weighted by molar-refractivity contribution is 9.10. The van der Waals surface area contributed by atoms with Crippen LogP contribution in [0.2, 0.25) is 0 Å². The summed E-state index contributed by atoms with van der Waals surface area (Å²) in [7, 11) is 0. The molecule has 0 radical (unpaired) electrons. The van der Waals surface area contributed by atoms with E-state index >= 15 is 0 Å². The number of allylic oxidation sites excluding steroid dienone is 1. The lowest BCUT2D eigenvalue weighted by atomic mass is 10.0. The van der Waals surface area contributed by atoms with E-state index in [2.05, 4.69) is 20.9 Å². The van der Waals surface area contributed by atoms with Gasteiger partial charge in [0.15, 0.2) is 11.5 Å². The Morgan fingerprint density at radius 1 is 1.11 bits per heavy atom. The summed E-state index contributed by atoms with van der Waals surface area (Å²) < 4.78 is 5.39. The number of benzene rings is 2. The molecule has 3 aromatic rings. The van der Waals surface area contributed by atoms with Gasteiger partial charge in [-0.3, -0.25) is 9.59 Å². The Morgan fingerprint density at radius 3 is 2.59 bits per heavy atom. The SMILES string of the molecule is CC(=O)Oc1ccc2c(c1)C(O)=C(c1nc3ccccc3c(Br)c1O)C2=O. The number of rotatable bonds is 2.